The lowest BCUT2D eigenvalue weighted by atomic mass is 10.0. The molecular formula is C9H19NO. The third-order valence-corrected chi connectivity index (χ3v) is 2.59. The largest absolute Gasteiger partial charge is 0.375 e. The van der Waals surface area contributed by atoms with Gasteiger partial charge in [0.25, 0.3) is 0 Å². The van der Waals surface area contributed by atoms with Crippen LogP contribution in [0.1, 0.15) is 26.7 Å². The van der Waals surface area contributed by atoms with E-state index >= 15 is 0 Å². The highest BCUT2D eigenvalue weighted by atomic mass is 16.5. The second-order valence-electron chi connectivity index (χ2n) is 3.27. The summed E-state index contributed by atoms with van der Waals surface area (Å²) in [5.74, 6) is 0. The summed E-state index contributed by atoms with van der Waals surface area (Å²) in [5.41, 5.74) is 0. The van der Waals surface area contributed by atoms with E-state index in [1.807, 2.05) is 0 Å². The summed E-state index contributed by atoms with van der Waals surface area (Å²) in [5, 5.41) is 0. The Morgan fingerprint density at radius 1 is 1.36 bits per heavy atom. The maximum atomic E-state index is 5.66. The molecule has 1 aliphatic rings. The van der Waals surface area contributed by atoms with Crippen LogP contribution in [0.2, 0.25) is 0 Å². The van der Waals surface area contributed by atoms with E-state index in [1.54, 1.807) is 0 Å². The van der Waals surface area contributed by atoms with Crippen molar-refractivity contribution >= 4 is 0 Å². The average Bonchev–Trinajstić information content (AvgIpc) is 2.04. The van der Waals surface area contributed by atoms with E-state index in [-0.39, 0.29) is 0 Å². The normalized spacial score (nSPS) is 34.1. The smallest absolute Gasteiger partial charge is 0.0728 e. The Labute approximate surface area is 69.5 Å². The Balaban J connectivity index is 2.48. The van der Waals surface area contributed by atoms with E-state index < -0.39 is 0 Å². The van der Waals surface area contributed by atoms with Crippen LogP contribution in [0.15, 0.2) is 0 Å². The van der Waals surface area contributed by atoms with Gasteiger partial charge in [0.15, 0.2) is 0 Å². The summed E-state index contributed by atoms with van der Waals surface area (Å²) >= 11 is 0. The molecule has 0 saturated carbocycles. The fourth-order valence-electron chi connectivity index (χ4n) is 1.87. The van der Waals surface area contributed by atoms with Crippen molar-refractivity contribution in [1.82, 2.24) is 4.90 Å². The molecule has 0 aromatic carbocycles. The van der Waals surface area contributed by atoms with Crippen molar-refractivity contribution in [2.24, 2.45) is 0 Å². The van der Waals surface area contributed by atoms with E-state index in [0.29, 0.717) is 12.1 Å². The fraction of sp³-hybridized carbons (Fsp3) is 1.00. The van der Waals surface area contributed by atoms with E-state index in [2.05, 4.69) is 25.8 Å². The van der Waals surface area contributed by atoms with Crippen LogP contribution in [0.3, 0.4) is 0 Å². The van der Waals surface area contributed by atoms with Crippen LogP contribution in [0.5, 0.6) is 0 Å². The van der Waals surface area contributed by atoms with Gasteiger partial charge in [-0.1, -0.05) is 13.8 Å². The Morgan fingerprint density at radius 3 is 2.55 bits per heavy atom. The van der Waals surface area contributed by atoms with Crippen molar-refractivity contribution in [3.05, 3.63) is 0 Å². The number of hydrogen-bond acceptors (Lipinski definition) is 2. The first-order valence-electron chi connectivity index (χ1n) is 4.61. The number of nitrogens with zero attached hydrogens (tertiary/aromatic N) is 1. The van der Waals surface area contributed by atoms with Crippen molar-refractivity contribution in [2.45, 2.75) is 38.8 Å². The zero-order valence-electron chi connectivity index (χ0n) is 7.84. The molecule has 1 rings (SSSR count). The third-order valence-electron chi connectivity index (χ3n) is 2.59. The van der Waals surface area contributed by atoms with Crippen molar-refractivity contribution < 1.29 is 4.74 Å². The minimum Gasteiger partial charge on any atom is -0.375 e. The van der Waals surface area contributed by atoms with E-state index in [1.165, 1.54) is 6.42 Å². The van der Waals surface area contributed by atoms with Crippen molar-refractivity contribution in [3.63, 3.8) is 0 Å². The average molecular weight is 157 g/mol. The summed E-state index contributed by atoms with van der Waals surface area (Å²) < 4.78 is 5.66. The molecule has 11 heavy (non-hydrogen) atoms. The molecule has 0 unspecified atom stereocenters. The van der Waals surface area contributed by atoms with E-state index in [4.69, 9.17) is 4.74 Å². The highest BCUT2D eigenvalue weighted by molar-refractivity contribution is 4.79. The molecular weight excluding hydrogens is 138 g/mol. The van der Waals surface area contributed by atoms with Gasteiger partial charge in [-0.2, -0.15) is 0 Å². The second-order valence-corrected chi connectivity index (χ2v) is 3.27. The summed E-state index contributed by atoms with van der Waals surface area (Å²) in [6.45, 7) is 6.44. The summed E-state index contributed by atoms with van der Waals surface area (Å²) in [7, 11) is 2.19. The molecule has 2 atom stereocenters. The molecule has 0 aromatic rings. The van der Waals surface area contributed by atoms with Crippen LogP contribution in [-0.4, -0.2) is 37.2 Å². The molecule has 1 saturated heterocycles. The number of likely N-dealkylation sites (N-methyl/N-ethyl adjacent to an activating group) is 1. The first-order chi connectivity index (χ1) is 5.29. The lowest BCUT2D eigenvalue weighted by molar-refractivity contribution is -0.0634. The Hall–Kier alpha value is -0.0800. The van der Waals surface area contributed by atoms with E-state index in [0.717, 1.165) is 19.6 Å². The predicted octanol–water partition coefficient (Wildman–Crippen LogP) is 1.51. The quantitative estimate of drug-likeness (QED) is 0.602. The lowest BCUT2D eigenvalue weighted by Gasteiger charge is -2.38. The van der Waals surface area contributed by atoms with Gasteiger partial charge in [0.05, 0.1) is 12.7 Å². The van der Waals surface area contributed by atoms with E-state index in [9.17, 15) is 0 Å². The van der Waals surface area contributed by atoms with Gasteiger partial charge in [-0.15, -0.1) is 0 Å². The molecule has 2 heteroatoms. The van der Waals surface area contributed by atoms with Crippen molar-refractivity contribution in [3.8, 4) is 0 Å². The lowest BCUT2D eigenvalue weighted by Crippen LogP contribution is -2.48. The first kappa shape index (κ1) is 9.01. The van der Waals surface area contributed by atoms with Gasteiger partial charge >= 0.3 is 0 Å². The standard InChI is InChI=1S/C9H19NO/c1-4-8-9(5-2)11-7-6-10(8)3/h8-9H,4-7H2,1-3H3/t8-,9+/m0/s1. The number of morpholine rings is 1. The van der Waals surface area contributed by atoms with Gasteiger partial charge in [0.1, 0.15) is 0 Å². The minimum absolute atomic E-state index is 0.471. The van der Waals surface area contributed by atoms with Crippen molar-refractivity contribution in [2.75, 3.05) is 20.2 Å². The van der Waals surface area contributed by atoms with Gasteiger partial charge in [-0.3, -0.25) is 4.90 Å². The summed E-state index contributed by atoms with van der Waals surface area (Å²) in [6.07, 6.45) is 2.82. The molecule has 0 spiro atoms. The second kappa shape index (κ2) is 4.07. The zero-order valence-corrected chi connectivity index (χ0v) is 7.84. The molecule has 0 N–H and O–H groups in total. The molecule has 0 amide bonds. The van der Waals surface area contributed by atoms with Gasteiger partial charge in [-0.25, -0.2) is 0 Å². The van der Waals surface area contributed by atoms with Crippen LogP contribution >= 0.6 is 0 Å². The van der Waals surface area contributed by atoms with Crippen LogP contribution in [-0.2, 0) is 4.74 Å². The molecule has 2 nitrogen and oxygen atoms in total. The Morgan fingerprint density at radius 2 is 2.09 bits per heavy atom. The molecule has 0 aliphatic carbocycles. The number of rotatable bonds is 2. The Bertz CT molecular complexity index is 116. The van der Waals surface area contributed by atoms with Crippen LogP contribution < -0.4 is 0 Å². The topological polar surface area (TPSA) is 12.5 Å². The van der Waals surface area contributed by atoms with Gasteiger partial charge in [0.2, 0.25) is 0 Å². The van der Waals surface area contributed by atoms with Crippen LogP contribution in [0.25, 0.3) is 0 Å². The highest BCUT2D eigenvalue weighted by Gasteiger charge is 2.26. The van der Waals surface area contributed by atoms with Gasteiger partial charge in [0, 0.05) is 12.6 Å². The minimum atomic E-state index is 0.471. The van der Waals surface area contributed by atoms with Gasteiger partial charge in [-0.05, 0) is 19.9 Å². The van der Waals surface area contributed by atoms with Crippen molar-refractivity contribution in [1.29, 1.82) is 0 Å². The molecule has 0 bridgehead atoms. The predicted molar refractivity (Wildman–Crippen MR) is 46.7 cm³/mol. The molecule has 1 heterocycles. The zero-order chi connectivity index (χ0) is 8.27. The maximum absolute atomic E-state index is 5.66. The van der Waals surface area contributed by atoms with Gasteiger partial charge < -0.3 is 4.74 Å². The Kier molecular flexibility index (Phi) is 3.34. The summed E-state index contributed by atoms with van der Waals surface area (Å²) in [6, 6.07) is 0.647. The highest BCUT2D eigenvalue weighted by Crippen LogP contribution is 2.17. The third kappa shape index (κ3) is 1.94. The molecule has 0 radical (unpaired) electrons. The van der Waals surface area contributed by atoms with Crippen LogP contribution in [0.4, 0.5) is 0 Å². The summed E-state index contributed by atoms with van der Waals surface area (Å²) in [4.78, 5) is 2.41. The number of hydrogen-bond donors (Lipinski definition) is 0. The first-order valence-corrected chi connectivity index (χ1v) is 4.61. The molecule has 0 aromatic heterocycles. The maximum Gasteiger partial charge on any atom is 0.0728 e. The molecule has 66 valence electrons. The van der Waals surface area contributed by atoms with Crippen LogP contribution in [0, 0.1) is 0 Å². The molecule has 1 fully saturated rings. The number of ether oxygens (including phenoxy) is 1. The SMILES string of the molecule is CC[C@H]1OCCN(C)[C@H]1CC. The monoisotopic (exact) mass is 157 g/mol. The fourth-order valence-corrected chi connectivity index (χ4v) is 1.87. The molecule has 1 aliphatic heterocycles.